The van der Waals surface area contributed by atoms with Gasteiger partial charge in [0.15, 0.2) is 0 Å². The highest BCUT2D eigenvalue weighted by Gasteiger charge is 2.29. The van der Waals surface area contributed by atoms with E-state index in [9.17, 15) is 0 Å². The van der Waals surface area contributed by atoms with Crippen LogP contribution in [0.3, 0.4) is 0 Å². The van der Waals surface area contributed by atoms with Crippen LogP contribution in [0.2, 0.25) is 0 Å². The second kappa shape index (κ2) is 12.4. The number of fused-ring (bicyclic) bond motifs is 9. The molecule has 246 valence electrons. The summed E-state index contributed by atoms with van der Waals surface area (Å²) in [6.07, 6.45) is 2.65. The Morgan fingerprint density at radius 3 is 0.843 bits per heavy atom. The fourth-order valence-corrected chi connectivity index (χ4v) is 8.82. The molecule has 6 aromatic carbocycles. The zero-order chi connectivity index (χ0) is 33.7. The minimum atomic E-state index is 0.842. The molecule has 3 nitrogen and oxygen atoms in total. The van der Waals surface area contributed by atoms with Gasteiger partial charge in [0.05, 0.1) is 0 Å². The topological polar surface area (TPSA) is 14.8 Å². The highest BCUT2D eigenvalue weighted by molar-refractivity contribution is 5.91. The highest BCUT2D eigenvalue weighted by atomic mass is 15.0. The molecule has 0 bridgehead atoms. The SMILES string of the molecule is c1ccc(Cn2c3c(c4ccccc42)Cc2c(c4ccccc4n2Cc2ccccc2)Cc2c(c4ccccc4n2Cc2ccccc2)C3)cc1. The first-order valence-electron chi connectivity index (χ1n) is 18.2. The molecule has 0 N–H and O–H groups in total. The molecule has 0 saturated heterocycles. The number of rotatable bonds is 6. The van der Waals surface area contributed by atoms with E-state index in [2.05, 4.69) is 177 Å². The van der Waals surface area contributed by atoms with Crippen molar-refractivity contribution in [1.82, 2.24) is 13.7 Å². The van der Waals surface area contributed by atoms with Crippen LogP contribution in [-0.2, 0) is 38.9 Å². The molecule has 0 amide bonds. The number of aromatic nitrogens is 3. The van der Waals surface area contributed by atoms with Crippen LogP contribution < -0.4 is 0 Å². The second-order valence-corrected chi connectivity index (χ2v) is 14.1. The Labute approximate surface area is 298 Å². The second-order valence-electron chi connectivity index (χ2n) is 14.1. The lowest BCUT2D eigenvalue weighted by molar-refractivity contribution is 0.760. The maximum Gasteiger partial charge on any atom is 0.0488 e. The third kappa shape index (κ3) is 5.11. The molecule has 51 heavy (non-hydrogen) atoms. The van der Waals surface area contributed by atoms with Crippen LogP contribution >= 0.6 is 0 Å². The predicted octanol–water partition coefficient (Wildman–Crippen LogP) is 10.8. The van der Waals surface area contributed by atoms with Gasteiger partial charge in [-0.15, -0.1) is 0 Å². The van der Waals surface area contributed by atoms with Gasteiger partial charge in [0, 0.05) is 88.7 Å². The number of nitrogens with zero attached hydrogens (tertiary/aromatic N) is 3. The molecule has 0 unspecified atom stereocenters. The molecule has 3 heteroatoms. The van der Waals surface area contributed by atoms with Crippen molar-refractivity contribution in [3.05, 3.63) is 214 Å². The van der Waals surface area contributed by atoms with Gasteiger partial charge < -0.3 is 13.7 Å². The van der Waals surface area contributed by atoms with E-state index in [1.54, 1.807) is 0 Å². The lowest BCUT2D eigenvalue weighted by atomic mass is 10.00. The van der Waals surface area contributed by atoms with E-state index >= 15 is 0 Å². The molecule has 3 aromatic heterocycles. The Bertz CT molecular complexity index is 2370. The molecule has 10 rings (SSSR count). The first kappa shape index (κ1) is 29.8. The number of hydrogen-bond acceptors (Lipinski definition) is 0. The molecule has 9 aromatic rings. The summed E-state index contributed by atoms with van der Waals surface area (Å²) in [7, 11) is 0. The molecule has 1 aliphatic carbocycles. The predicted molar refractivity (Wildman–Crippen MR) is 211 cm³/mol. The molecule has 0 spiro atoms. The van der Waals surface area contributed by atoms with Crippen molar-refractivity contribution in [3.63, 3.8) is 0 Å². The average molecular weight is 658 g/mol. The molecule has 0 radical (unpaired) electrons. The lowest BCUT2D eigenvalue weighted by Gasteiger charge is -2.15. The standard InChI is InChI=1S/C48H39N3/c1-4-16-34(17-5-1)31-49-43-25-13-10-22-37(43)40-29-47-42(39-24-12-15-27-45(39)50(47)32-35-18-6-2-7-19-35)30-48-41(28-46(40)49)38-23-11-14-26-44(38)51(48)33-36-20-8-3-9-21-36/h1-27H,28-33H2. The average Bonchev–Trinajstić information content (AvgIpc) is 3.76. The minimum absolute atomic E-state index is 0.842. The van der Waals surface area contributed by atoms with Crippen molar-refractivity contribution in [2.75, 3.05) is 0 Å². The number of hydrogen-bond donors (Lipinski definition) is 0. The molecular weight excluding hydrogens is 619 g/mol. The fraction of sp³-hybridized carbons (Fsp3) is 0.125. The fourth-order valence-electron chi connectivity index (χ4n) is 8.82. The molecule has 3 heterocycles. The van der Waals surface area contributed by atoms with E-state index in [0.29, 0.717) is 0 Å². The first-order chi connectivity index (χ1) is 25.3. The Balaban J connectivity index is 1.30. The summed E-state index contributed by atoms with van der Waals surface area (Å²) in [5, 5.41) is 4.09. The molecule has 0 fully saturated rings. The van der Waals surface area contributed by atoms with Crippen molar-refractivity contribution in [3.8, 4) is 0 Å². The van der Waals surface area contributed by atoms with Crippen molar-refractivity contribution in [2.24, 2.45) is 0 Å². The van der Waals surface area contributed by atoms with E-state index in [1.807, 2.05) is 0 Å². The van der Waals surface area contributed by atoms with Gasteiger partial charge >= 0.3 is 0 Å². The Morgan fingerprint density at radius 2 is 0.549 bits per heavy atom. The van der Waals surface area contributed by atoms with E-state index in [0.717, 1.165) is 38.9 Å². The van der Waals surface area contributed by atoms with Gasteiger partial charge in [-0.05, 0) is 51.6 Å². The van der Waals surface area contributed by atoms with Gasteiger partial charge in [0.25, 0.3) is 0 Å². The van der Waals surface area contributed by atoms with E-state index < -0.39 is 0 Å². The minimum Gasteiger partial charge on any atom is -0.340 e. The Kier molecular flexibility index (Phi) is 7.23. The van der Waals surface area contributed by atoms with Crippen LogP contribution in [0.4, 0.5) is 0 Å². The zero-order valence-electron chi connectivity index (χ0n) is 28.7. The largest absolute Gasteiger partial charge is 0.340 e. The summed E-state index contributed by atoms with van der Waals surface area (Å²) in [4.78, 5) is 0. The number of para-hydroxylation sites is 3. The van der Waals surface area contributed by atoms with Crippen molar-refractivity contribution < 1.29 is 0 Å². The van der Waals surface area contributed by atoms with Gasteiger partial charge in [-0.2, -0.15) is 0 Å². The van der Waals surface area contributed by atoms with Gasteiger partial charge in [-0.3, -0.25) is 0 Å². The van der Waals surface area contributed by atoms with E-state index in [-0.39, 0.29) is 0 Å². The number of benzene rings is 6. The normalized spacial score (nSPS) is 12.7. The van der Waals surface area contributed by atoms with Gasteiger partial charge in [-0.25, -0.2) is 0 Å². The third-order valence-corrected chi connectivity index (χ3v) is 11.2. The van der Waals surface area contributed by atoms with Crippen LogP contribution in [0, 0.1) is 0 Å². The smallest absolute Gasteiger partial charge is 0.0488 e. The first-order valence-corrected chi connectivity index (χ1v) is 18.2. The van der Waals surface area contributed by atoms with Crippen LogP contribution in [0.1, 0.15) is 50.5 Å². The maximum atomic E-state index is 2.63. The molecular formula is C48H39N3. The Hall–Kier alpha value is -6.06. The van der Waals surface area contributed by atoms with Crippen LogP contribution in [0.15, 0.2) is 164 Å². The van der Waals surface area contributed by atoms with E-state index in [4.69, 9.17) is 0 Å². The van der Waals surface area contributed by atoms with Crippen molar-refractivity contribution in [2.45, 2.75) is 38.9 Å². The monoisotopic (exact) mass is 657 g/mol. The summed E-state index contributed by atoms with van der Waals surface area (Å²) in [6.45, 7) is 2.53. The summed E-state index contributed by atoms with van der Waals surface area (Å²) in [5.74, 6) is 0. The Morgan fingerprint density at radius 1 is 0.294 bits per heavy atom. The molecule has 0 atom stereocenters. The summed E-state index contributed by atoms with van der Waals surface area (Å²) >= 11 is 0. The van der Waals surface area contributed by atoms with Crippen LogP contribution in [-0.4, -0.2) is 13.7 Å². The molecule has 0 aliphatic heterocycles. The molecule has 0 saturated carbocycles. The van der Waals surface area contributed by atoms with Crippen molar-refractivity contribution in [1.29, 1.82) is 0 Å². The quantitative estimate of drug-likeness (QED) is 0.169. The van der Waals surface area contributed by atoms with E-state index in [1.165, 1.54) is 83.2 Å². The lowest BCUT2D eigenvalue weighted by Crippen LogP contribution is -2.09. The van der Waals surface area contributed by atoms with Crippen LogP contribution in [0.5, 0.6) is 0 Å². The van der Waals surface area contributed by atoms with Crippen molar-refractivity contribution >= 4 is 32.7 Å². The van der Waals surface area contributed by atoms with Gasteiger partial charge in [0.2, 0.25) is 0 Å². The maximum absolute atomic E-state index is 2.63. The zero-order valence-corrected chi connectivity index (χ0v) is 28.7. The molecule has 1 aliphatic rings. The van der Waals surface area contributed by atoms with Gasteiger partial charge in [-0.1, -0.05) is 146 Å². The van der Waals surface area contributed by atoms with Crippen LogP contribution in [0.25, 0.3) is 32.7 Å². The summed E-state index contributed by atoms with van der Waals surface area (Å²) in [5.41, 5.74) is 16.5. The summed E-state index contributed by atoms with van der Waals surface area (Å²) in [6, 6.07) is 60.3. The van der Waals surface area contributed by atoms with Gasteiger partial charge in [0.1, 0.15) is 0 Å². The highest BCUT2D eigenvalue weighted by Crippen LogP contribution is 2.41. The summed E-state index contributed by atoms with van der Waals surface area (Å²) < 4.78 is 7.88. The third-order valence-electron chi connectivity index (χ3n) is 11.2.